The van der Waals surface area contributed by atoms with Crippen molar-refractivity contribution in [2.75, 3.05) is 18.8 Å². The molecule has 0 aromatic rings. The van der Waals surface area contributed by atoms with E-state index in [1.807, 2.05) is 6.92 Å². The Bertz CT molecular complexity index is 284. The van der Waals surface area contributed by atoms with E-state index in [9.17, 15) is 9.00 Å². The highest BCUT2D eigenvalue weighted by molar-refractivity contribution is 7.86. The monoisotopic (exact) mass is 274 g/mol. The highest BCUT2D eigenvalue weighted by Crippen LogP contribution is 2.23. The molecule has 18 heavy (non-hydrogen) atoms. The van der Waals surface area contributed by atoms with Crippen LogP contribution >= 0.6 is 0 Å². The minimum absolute atomic E-state index is 0.0874. The quantitative estimate of drug-likeness (QED) is 0.733. The molecular formula is C13H26N2O2S. The summed E-state index contributed by atoms with van der Waals surface area (Å²) in [7, 11) is -1.05. The van der Waals surface area contributed by atoms with E-state index in [0.717, 1.165) is 32.2 Å². The Kier molecular flexibility index (Phi) is 7.51. The van der Waals surface area contributed by atoms with E-state index in [0.29, 0.717) is 12.6 Å². The zero-order valence-corrected chi connectivity index (χ0v) is 12.4. The lowest BCUT2D eigenvalue weighted by molar-refractivity contribution is -0.118. The molecule has 0 aliphatic heterocycles. The molecule has 0 bridgehead atoms. The molecule has 4 nitrogen and oxygen atoms in total. The molecule has 1 aliphatic carbocycles. The second-order valence-electron chi connectivity index (χ2n) is 4.86. The molecule has 1 amide bonds. The molecule has 0 aromatic carbocycles. The molecular weight excluding hydrogens is 248 g/mol. The molecule has 2 N–H and O–H groups in total. The first-order valence-corrected chi connectivity index (χ1v) is 8.44. The van der Waals surface area contributed by atoms with Crippen LogP contribution < -0.4 is 10.6 Å². The van der Waals surface area contributed by atoms with Gasteiger partial charge in [-0.25, -0.2) is 0 Å². The highest BCUT2D eigenvalue weighted by atomic mass is 32.2. The number of amides is 1. The van der Waals surface area contributed by atoms with Gasteiger partial charge in [0.05, 0.1) is 5.25 Å². The minimum atomic E-state index is -1.05. The van der Waals surface area contributed by atoms with Gasteiger partial charge < -0.3 is 10.6 Å². The van der Waals surface area contributed by atoms with Crippen LogP contribution in [-0.2, 0) is 15.6 Å². The fourth-order valence-corrected chi connectivity index (χ4v) is 4.06. The van der Waals surface area contributed by atoms with Gasteiger partial charge in [-0.05, 0) is 32.7 Å². The third kappa shape index (κ3) is 5.06. The van der Waals surface area contributed by atoms with Gasteiger partial charge in [-0.3, -0.25) is 9.00 Å². The molecule has 0 aromatic heterocycles. The summed E-state index contributed by atoms with van der Waals surface area (Å²) in [5.41, 5.74) is 0. The van der Waals surface area contributed by atoms with Crippen LogP contribution in [0.3, 0.4) is 0 Å². The molecule has 5 heteroatoms. The molecule has 0 spiro atoms. The number of nitrogens with one attached hydrogen (secondary N) is 2. The normalized spacial score (nSPS) is 25.7. The smallest absolute Gasteiger partial charge is 0.232 e. The van der Waals surface area contributed by atoms with Gasteiger partial charge >= 0.3 is 0 Å². The number of rotatable bonds is 7. The zero-order valence-electron chi connectivity index (χ0n) is 11.5. The van der Waals surface area contributed by atoms with E-state index in [1.165, 1.54) is 6.42 Å². The first kappa shape index (κ1) is 15.6. The molecule has 3 atom stereocenters. The summed E-state index contributed by atoms with van der Waals surface area (Å²) in [6.07, 6.45) is 5.50. The van der Waals surface area contributed by atoms with E-state index in [1.54, 1.807) is 0 Å². The summed E-state index contributed by atoms with van der Waals surface area (Å²) >= 11 is 0. The fraction of sp³-hybridized carbons (Fsp3) is 0.923. The first-order valence-electron chi connectivity index (χ1n) is 7.06. The average Bonchev–Trinajstić information content (AvgIpc) is 2.36. The minimum Gasteiger partial charge on any atom is -0.356 e. The van der Waals surface area contributed by atoms with Crippen LogP contribution in [0.4, 0.5) is 0 Å². The highest BCUT2D eigenvalue weighted by Gasteiger charge is 2.30. The van der Waals surface area contributed by atoms with E-state index >= 15 is 0 Å². The first-order chi connectivity index (χ1) is 8.69. The SMILES string of the molecule is CCCNC1CCCCC1S(=O)CC(=O)NCC. The van der Waals surface area contributed by atoms with Crippen LogP contribution in [0.25, 0.3) is 0 Å². The van der Waals surface area contributed by atoms with Crippen molar-refractivity contribution in [3.05, 3.63) is 0 Å². The summed E-state index contributed by atoms with van der Waals surface area (Å²) in [5, 5.41) is 6.35. The fourth-order valence-electron chi connectivity index (χ4n) is 2.46. The summed E-state index contributed by atoms with van der Waals surface area (Å²) in [4.78, 5) is 11.5. The average molecular weight is 274 g/mol. The van der Waals surface area contributed by atoms with Crippen LogP contribution in [0.5, 0.6) is 0 Å². The Morgan fingerprint density at radius 1 is 1.28 bits per heavy atom. The maximum atomic E-state index is 12.3. The van der Waals surface area contributed by atoms with Crippen molar-refractivity contribution in [2.24, 2.45) is 0 Å². The van der Waals surface area contributed by atoms with Crippen molar-refractivity contribution in [1.82, 2.24) is 10.6 Å². The maximum absolute atomic E-state index is 12.3. The topological polar surface area (TPSA) is 58.2 Å². The lowest BCUT2D eigenvalue weighted by Gasteiger charge is -2.31. The lowest BCUT2D eigenvalue weighted by Crippen LogP contribution is -2.46. The Hall–Kier alpha value is -0.420. The van der Waals surface area contributed by atoms with Gasteiger partial charge in [0.1, 0.15) is 5.75 Å². The molecule has 1 aliphatic rings. The summed E-state index contributed by atoms with van der Waals surface area (Å²) in [6, 6.07) is 0.328. The second kappa shape index (κ2) is 8.64. The van der Waals surface area contributed by atoms with Gasteiger partial charge in [-0.2, -0.15) is 0 Å². The Morgan fingerprint density at radius 2 is 2.00 bits per heavy atom. The second-order valence-corrected chi connectivity index (χ2v) is 6.52. The number of hydrogen-bond acceptors (Lipinski definition) is 3. The van der Waals surface area contributed by atoms with Crippen molar-refractivity contribution in [2.45, 2.75) is 57.2 Å². The van der Waals surface area contributed by atoms with Gasteiger partial charge in [0.15, 0.2) is 0 Å². The van der Waals surface area contributed by atoms with Gasteiger partial charge in [0, 0.05) is 23.4 Å². The number of carbonyl (C=O) groups is 1. The molecule has 106 valence electrons. The maximum Gasteiger partial charge on any atom is 0.232 e. The van der Waals surface area contributed by atoms with Crippen molar-refractivity contribution in [3.63, 3.8) is 0 Å². The van der Waals surface area contributed by atoms with E-state index in [4.69, 9.17) is 0 Å². The lowest BCUT2D eigenvalue weighted by atomic mass is 9.95. The Morgan fingerprint density at radius 3 is 2.67 bits per heavy atom. The number of hydrogen-bond donors (Lipinski definition) is 2. The zero-order chi connectivity index (χ0) is 13.4. The summed E-state index contributed by atoms with van der Waals surface area (Å²) in [6.45, 7) is 5.60. The molecule has 0 heterocycles. The van der Waals surface area contributed by atoms with E-state index in [-0.39, 0.29) is 16.9 Å². The van der Waals surface area contributed by atoms with Gasteiger partial charge in [-0.15, -0.1) is 0 Å². The van der Waals surface area contributed by atoms with Gasteiger partial charge in [-0.1, -0.05) is 19.8 Å². The van der Waals surface area contributed by atoms with Gasteiger partial charge in [0.2, 0.25) is 5.91 Å². The van der Waals surface area contributed by atoms with Crippen LogP contribution in [0.1, 0.15) is 46.0 Å². The van der Waals surface area contributed by atoms with Crippen LogP contribution in [0.15, 0.2) is 0 Å². The number of carbonyl (C=O) groups excluding carboxylic acids is 1. The summed E-state index contributed by atoms with van der Waals surface area (Å²) < 4.78 is 12.3. The predicted octanol–water partition coefficient (Wildman–Crippen LogP) is 1.18. The van der Waals surface area contributed by atoms with E-state index < -0.39 is 10.8 Å². The molecule has 1 fully saturated rings. The standard InChI is InChI=1S/C13H26N2O2S/c1-3-9-15-11-7-5-6-8-12(11)18(17)10-13(16)14-4-2/h11-12,15H,3-10H2,1-2H3,(H,14,16). The summed E-state index contributed by atoms with van der Waals surface area (Å²) in [5.74, 6) is 0.0682. The molecule has 1 rings (SSSR count). The van der Waals surface area contributed by atoms with Crippen molar-refractivity contribution in [3.8, 4) is 0 Å². The largest absolute Gasteiger partial charge is 0.356 e. The van der Waals surface area contributed by atoms with Crippen molar-refractivity contribution >= 4 is 16.7 Å². The van der Waals surface area contributed by atoms with Crippen molar-refractivity contribution in [1.29, 1.82) is 0 Å². The van der Waals surface area contributed by atoms with Crippen LogP contribution in [-0.4, -0.2) is 40.3 Å². The van der Waals surface area contributed by atoms with Crippen molar-refractivity contribution < 1.29 is 9.00 Å². The molecule has 0 radical (unpaired) electrons. The predicted molar refractivity (Wildman–Crippen MR) is 76.0 cm³/mol. The van der Waals surface area contributed by atoms with Gasteiger partial charge in [0.25, 0.3) is 0 Å². The third-order valence-electron chi connectivity index (χ3n) is 3.34. The third-order valence-corrected chi connectivity index (χ3v) is 5.13. The Labute approximate surface area is 113 Å². The molecule has 3 unspecified atom stereocenters. The molecule has 1 saturated carbocycles. The molecule has 0 saturated heterocycles. The Balaban J connectivity index is 2.48. The van der Waals surface area contributed by atoms with Crippen LogP contribution in [0, 0.1) is 0 Å². The van der Waals surface area contributed by atoms with Crippen LogP contribution in [0.2, 0.25) is 0 Å². The van der Waals surface area contributed by atoms with E-state index in [2.05, 4.69) is 17.6 Å².